The number of piperidine rings is 1. The lowest BCUT2D eigenvalue weighted by atomic mass is 9.95. The molecule has 0 unspecified atom stereocenters. The van der Waals surface area contributed by atoms with Crippen molar-refractivity contribution in [2.75, 3.05) is 13.1 Å². The molecule has 34 heavy (non-hydrogen) atoms. The van der Waals surface area contributed by atoms with Crippen LogP contribution in [0, 0.1) is 12.8 Å². The highest BCUT2D eigenvalue weighted by atomic mass is 79.9. The number of hydrogen-bond acceptors (Lipinski definition) is 5. The number of carbonyl (C=O) groups excluding carboxylic acids is 2. The topological polar surface area (TPSA) is 107 Å². The van der Waals surface area contributed by atoms with E-state index in [2.05, 4.69) is 15.9 Å². The molecule has 0 radical (unpaired) electrons. The Morgan fingerprint density at radius 3 is 2.47 bits per heavy atom. The summed E-state index contributed by atoms with van der Waals surface area (Å²) < 4.78 is 12.3. The average Bonchev–Trinajstić information content (AvgIpc) is 3.24. The number of benzene rings is 2. The maximum absolute atomic E-state index is 12.9. The molecule has 4 aromatic rings. The zero-order chi connectivity index (χ0) is 24.0. The quantitative estimate of drug-likeness (QED) is 0.396. The Balaban J connectivity index is 1.49. The van der Waals surface area contributed by atoms with Gasteiger partial charge in [-0.1, -0.05) is 28.1 Å². The Morgan fingerprint density at radius 1 is 1.09 bits per heavy atom. The number of primary amides is 1. The first-order chi connectivity index (χ1) is 16.3. The van der Waals surface area contributed by atoms with Gasteiger partial charge in [0.1, 0.15) is 11.2 Å². The molecule has 8 heteroatoms. The van der Waals surface area contributed by atoms with Gasteiger partial charge < -0.3 is 19.5 Å². The molecule has 1 aliphatic rings. The molecule has 2 aromatic carbocycles. The first-order valence-electron chi connectivity index (χ1n) is 11.1. The molecular weight excluding hydrogens is 500 g/mol. The highest BCUT2D eigenvalue weighted by Crippen LogP contribution is 2.35. The molecule has 0 spiro atoms. The number of furan rings is 1. The maximum atomic E-state index is 12.9. The molecule has 2 N–H and O–H groups in total. The standard InChI is InChI=1S/C26H23BrN2O5/c1-14-18-10-20-21(15-2-4-17(27)5-3-15)13-33-22(20)12-23(18)34-26(32)19(14)11-24(30)29-8-6-16(7-9-29)25(28)31/h2-5,10,12-13,16H,6-9,11H2,1H3,(H2,28,31). The van der Waals surface area contributed by atoms with Gasteiger partial charge in [0.2, 0.25) is 11.8 Å². The number of rotatable bonds is 4. The molecule has 2 amide bonds. The molecule has 1 saturated heterocycles. The van der Waals surface area contributed by atoms with Crippen molar-refractivity contribution in [3.63, 3.8) is 0 Å². The van der Waals surface area contributed by atoms with E-state index in [4.69, 9.17) is 14.6 Å². The number of amides is 2. The van der Waals surface area contributed by atoms with E-state index in [1.54, 1.807) is 17.2 Å². The van der Waals surface area contributed by atoms with Crippen molar-refractivity contribution in [2.24, 2.45) is 11.7 Å². The molecule has 3 heterocycles. The van der Waals surface area contributed by atoms with E-state index in [-0.39, 0.29) is 24.2 Å². The Kier molecular flexibility index (Phi) is 5.77. The van der Waals surface area contributed by atoms with Crippen molar-refractivity contribution in [2.45, 2.75) is 26.2 Å². The third-order valence-corrected chi connectivity index (χ3v) is 7.24. The first kappa shape index (κ1) is 22.4. The zero-order valence-corrected chi connectivity index (χ0v) is 20.2. The molecular formula is C26H23BrN2O5. The van der Waals surface area contributed by atoms with Crippen molar-refractivity contribution in [3.05, 3.63) is 68.7 Å². The SMILES string of the molecule is Cc1c(CC(=O)N2CCC(C(N)=O)CC2)c(=O)oc2cc3occ(-c4ccc(Br)cc4)c3cc12. The van der Waals surface area contributed by atoms with E-state index in [9.17, 15) is 14.4 Å². The van der Waals surface area contributed by atoms with Gasteiger partial charge in [-0.05, 0) is 49.1 Å². The van der Waals surface area contributed by atoms with Gasteiger partial charge in [0.15, 0.2) is 0 Å². The van der Waals surface area contributed by atoms with Crippen LogP contribution < -0.4 is 11.4 Å². The Bertz CT molecular complexity index is 1480. The lowest BCUT2D eigenvalue weighted by Crippen LogP contribution is -2.42. The highest BCUT2D eigenvalue weighted by Gasteiger charge is 2.27. The fraction of sp³-hybridized carbons (Fsp3) is 0.269. The van der Waals surface area contributed by atoms with Crippen LogP contribution in [0.5, 0.6) is 0 Å². The van der Waals surface area contributed by atoms with Crippen molar-refractivity contribution in [3.8, 4) is 11.1 Å². The predicted octanol–water partition coefficient (Wildman–Crippen LogP) is 4.54. The molecule has 1 fully saturated rings. The lowest BCUT2D eigenvalue weighted by Gasteiger charge is -2.30. The predicted molar refractivity (Wildman–Crippen MR) is 132 cm³/mol. The van der Waals surface area contributed by atoms with Crippen LogP contribution in [0.4, 0.5) is 0 Å². The van der Waals surface area contributed by atoms with Gasteiger partial charge in [0.25, 0.3) is 0 Å². The second-order valence-electron chi connectivity index (χ2n) is 8.73. The summed E-state index contributed by atoms with van der Waals surface area (Å²) in [6, 6.07) is 11.6. The summed E-state index contributed by atoms with van der Waals surface area (Å²) in [5, 5.41) is 1.67. The summed E-state index contributed by atoms with van der Waals surface area (Å²) in [5.41, 5.74) is 8.91. The van der Waals surface area contributed by atoms with E-state index >= 15 is 0 Å². The van der Waals surface area contributed by atoms with Crippen LogP contribution in [0.15, 0.2) is 60.8 Å². The van der Waals surface area contributed by atoms with Crippen LogP contribution in [0.1, 0.15) is 24.0 Å². The van der Waals surface area contributed by atoms with E-state index in [1.165, 1.54) is 0 Å². The Labute approximate surface area is 203 Å². The van der Waals surface area contributed by atoms with Gasteiger partial charge in [-0.15, -0.1) is 0 Å². The monoisotopic (exact) mass is 522 g/mol. The summed E-state index contributed by atoms with van der Waals surface area (Å²) in [5.74, 6) is -0.683. The van der Waals surface area contributed by atoms with Crippen LogP contribution in [-0.2, 0) is 16.0 Å². The minimum atomic E-state index is -0.524. The van der Waals surface area contributed by atoms with Gasteiger partial charge in [-0.25, -0.2) is 4.79 Å². The summed E-state index contributed by atoms with van der Waals surface area (Å²) in [6.07, 6.45) is 2.74. The molecule has 5 rings (SSSR count). The summed E-state index contributed by atoms with van der Waals surface area (Å²) in [6.45, 7) is 2.75. The number of likely N-dealkylation sites (tertiary alicyclic amines) is 1. The molecule has 7 nitrogen and oxygen atoms in total. The van der Waals surface area contributed by atoms with E-state index in [0.717, 1.165) is 31.9 Å². The molecule has 0 aliphatic carbocycles. The molecule has 0 saturated carbocycles. The molecule has 1 aliphatic heterocycles. The third-order valence-electron chi connectivity index (χ3n) is 6.71. The van der Waals surface area contributed by atoms with E-state index in [1.807, 2.05) is 37.3 Å². The Hall–Kier alpha value is -3.39. The van der Waals surface area contributed by atoms with Crippen molar-refractivity contribution < 1.29 is 18.4 Å². The number of hydrogen-bond donors (Lipinski definition) is 1. The van der Waals surface area contributed by atoms with E-state index < -0.39 is 5.63 Å². The number of halogens is 1. The van der Waals surface area contributed by atoms with Gasteiger partial charge in [0, 0.05) is 45.9 Å². The van der Waals surface area contributed by atoms with Crippen LogP contribution in [0.3, 0.4) is 0 Å². The molecule has 2 aromatic heterocycles. The van der Waals surface area contributed by atoms with Crippen molar-refractivity contribution in [1.82, 2.24) is 4.90 Å². The third kappa shape index (κ3) is 4.03. The number of nitrogens with zero attached hydrogens (tertiary/aromatic N) is 1. The smallest absolute Gasteiger partial charge is 0.340 e. The number of aryl methyl sites for hydroxylation is 1. The highest BCUT2D eigenvalue weighted by molar-refractivity contribution is 9.10. The lowest BCUT2D eigenvalue weighted by molar-refractivity contribution is -0.134. The van der Waals surface area contributed by atoms with Gasteiger partial charge >= 0.3 is 5.63 Å². The van der Waals surface area contributed by atoms with Crippen molar-refractivity contribution in [1.29, 1.82) is 0 Å². The largest absolute Gasteiger partial charge is 0.464 e. The number of carbonyl (C=O) groups is 2. The molecule has 0 atom stereocenters. The summed E-state index contributed by atoms with van der Waals surface area (Å²) >= 11 is 3.46. The van der Waals surface area contributed by atoms with Crippen LogP contribution in [-0.4, -0.2) is 29.8 Å². The number of nitrogens with two attached hydrogens (primary N) is 1. The summed E-state index contributed by atoms with van der Waals surface area (Å²) in [4.78, 5) is 38.8. The van der Waals surface area contributed by atoms with Gasteiger partial charge in [-0.2, -0.15) is 0 Å². The van der Waals surface area contributed by atoms with E-state index in [0.29, 0.717) is 42.7 Å². The normalized spacial score (nSPS) is 14.7. The minimum Gasteiger partial charge on any atom is -0.464 e. The second-order valence-corrected chi connectivity index (χ2v) is 9.64. The van der Waals surface area contributed by atoms with Crippen molar-refractivity contribution >= 4 is 49.7 Å². The fourth-order valence-electron chi connectivity index (χ4n) is 4.64. The first-order valence-corrected chi connectivity index (χ1v) is 11.9. The molecule has 0 bridgehead atoms. The van der Waals surface area contributed by atoms with Gasteiger partial charge in [-0.3, -0.25) is 9.59 Å². The number of fused-ring (bicyclic) bond motifs is 2. The Morgan fingerprint density at radius 2 is 1.79 bits per heavy atom. The maximum Gasteiger partial charge on any atom is 0.340 e. The fourth-order valence-corrected chi connectivity index (χ4v) is 4.91. The van der Waals surface area contributed by atoms with Crippen LogP contribution in [0.25, 0.3) is 33.1 Å². The minimum absolute atomic E-state index is 0.0473. The van der Waals surface area contributed by atoms with Crippen LogP contribution >= 0.6 is 15.9 Å². The second kappa shape index (κ2) is 8.76. The van der Waals surface area contributed by atoms with Crippen LogP contribution in [0.2, 0.25) is 0 Å². The van der Waals surface area contributed by atoms with Gasteiger partial charge in [0.05, 0.1) is 18.2 Å². The molecule has 174 valence electrons. The average molecular weight is 523 g/mol. The summed E-state index contributed by atoms with van der Waals surface area (Å²) in [7, 11) is 0. The zero-order valence-electron chi connectivity index (χ0n) is 18.6.